The van der Waals surface area contributed by atoms with Crippen molar-refractivity contribution in [1.82, 2.24) is 35.9 Å². The zero-order chi connectivity index (χ0) is 57.7. The Morgan fingerprint density at radius 1 is 0.451 bits per heavy atom. The summed E-state index contributed by atoms with van der Waals surface area (Å²) in [5.74, 6) is 0.935. The maximum atomic E-state index is 12.4. The number of aliphatic carboxylic acids is 1. The van der Waals surface area contributed by atoms with Crippen LogP contribution in [0.15, 0.2) is 170 Å². The molecule has 3 aromatic heterocycles. The second kappa shape index (κ2) is 26.8. The van der Waals surface area contributed by atoms with Gasteiger partial charge in [-0.3, -0.25) is 36.0 Å². The molecule has 0 saturated heterocycles. The number of carboxylic acids is 1. The first kappa shape index (κ1) is 57.4. The van der Waals surface area contributed by atoms with Crippen LogP contribution in [0.3, 0.4) is 0 Å². The minimum absolute atomic E-state index is 0.0324. The van der Waals surface area contributed by atoms with Crippen LogP contribution in [0.5, 0.6) is 5.75 Å². The molecule has 11 rings (SSSR count). The average Bonchev–Trinajstić information content (AvgIpc) is 4.30. The summed E-state index contributed by atoms with van der Waals surface area (Å²) >= 11 is 31.1. The van der Waals surface area contributed by atoms with Crippen LogP contribution in [0.1, 0.15) is 13.3 Å². The van der Waals surface area contributed by atoms with E-state index in [0.717, 1.165) is 60.9 Å². The van der Waals surface area contributed by atoms with Gasteiger partial charge >= 0.3 is 24.1 Å². The van der Waals surface area contributed by atoms with Crippen molar-refractivity contribution in [3.05, 3.63) is 195 Å². The molecule has 0 fully saturated rings. The number of amides is 6. The van der Waals surface area contributed by atoms with E-state index in [4.69, 9.17) is 67.8 Å². The largest absolute Gasteiger partial charge is 0.494 e. The first-order chi connectivity index (χ1) is 39.7. The number of benzene rings is 8. The second-order valence-electron chi connectivity index (χ2n) is 17.7. The number of urea groups is 3. The van der Waals surface area contributed by atoms with E-state index in [-0.39, 0.29) is 13.0 Å². The lowest BCUT2D eigenvalue weighted by atomic mass is 10.0. The van der Waals surface area contributed by atoms with E-state index < -0.39 is 24.1 Å². The Labute approximate surface area is 492 Å². The van der Waals surface area contributed by atoms with Crippen molar-refractivity contribution in [1.29, 1.82) is 0 Å². The number of ether oxygens (including phenoxy) is 1. The normalized spacial score (nSPS) is 10.7. The molecule has 0 unspecified atom stereocenters. The average molecular weight is 1200 g/mol. The number of anilines is 5. The van der Waals surface area contributed by atoms with Crippen molar-refractivity contribution in [2.24, 2.45) is 0 Å². The number of carboxylic acid groups (broad SMARTS) is 1. The summed E-state index contributed by atoms with van der Waals surface area (Å²) in [6, 6.07) is 50.9. The number of fused-ring (bicyclic) bond motifs is 3. The summed E-state index contributed by atoms with van der Waals surface area (Å²) in [6.07, 6.45) is -0.150. The van der Waals surface area contributed by atoms with Crippen molar-refractivity contribution < 1.29 is 29.0 Å². The van der Waals surface area contributed by atoms with E-state index >= 15 is 0 Å². The Hall–Kier alpha value is -9.30. The molecule has 10 N–H and O–H groups in total. The predicted molar refractivity (Wildman–Crippen MR) is 328 cm³/mol. The highest BCUT2D eigenvalue weighted by atomic mass is 35.5. The van der Waals surface area contributed by atoms with Crippen LogP contribution in [-0.2, 0) is 4.79 Å². The summed E-state index contributed by atoms with van der Waals surface area (Å²) < 4.78 is 5.40. The van der Waals surface area contributed by atoms with Crippen LogP contribution in [-0.4, -0.2) is 72.9 Å². The van der Waals surface area contributed by atoms with Crippen LogP contribution >= 0.6 is 58.0 Å². The van der Waals surface area contributed by atoms with Crippen molar-refractivity contribution in [3.8, 4) is 39.1 Å². The molecule has 3 heterocycles. The first-order valence-electron chi connectivity index (χ1n) is 25.0. The Kier molecular flexibility index (Phi) is 18.7. The SMILES string of the molecule is CCOc1ccc(NC(=O)Nc2n[nH]c3cc(Cl)c(-c4ccccc4)cc23)cc1.O=C(Nc1ccc(Cl)c(Cl)c1)Nc1n[nH]c2cc(Cl)c(-c3ccccc3)cc12.O=C(O)CCNC(=O)Nc1n[nH]c2cc(Cl)c(-c3ccccc3)cc12. The third kappa shape index (κ3) is 14.5. The number of H-pyrrole nitrogens is 3. The molecular weight excluding hydrogens is 1150 g/mol. The van der Waals surface area contributed by atoms with E-state index in [1.807, 2.05) is 122 Å². The smallest absolute Gasteiger partial charge is 0.324 e. The van der Waals surface area contributed by atoms with Crippen LogP contribution in [0.25, 0.3) is 66.1 Å². The van der Waals surface area contributed by atoms with E-state index in [9.17, 15) is 19.2 Å². The van der Waals surface area contributed by atoms with Crippen molar-refractivity contribution in [2.45, 2.75) is 13.3 Å². The molecule has 0 aliphatic rings. The highest BCUT2D eigenvalue weighted by Gasteiger charge is 2.17. The molecule has 0 bridgehead atoms. The van der Waals surface area contributed by atoms with E-state index in [1.165, 1.54) is 0 Å². The van der Waals surface area contributed by atoms with Crippen molar-refractivity contribution >= 4 is 144 Å². The topological polar surface area (TPSA) is 256 Å². The number of halogens is 5. The molecule has 414 valence electrons. The van der Waals surface area contributed by atoms with Gasteiger partial charge in [0.1, 0.15) is 5.75 Å². The Morgan fingerprint density at radius 3 is 1.23 bits per heavy atom. The fourth-order valence-electron chi connectivity index (χ4n) is 8.27. The summed E-state index contributed by atoms with van der Waals surface area (Å²) in [4.78, 5) is 47.1. The van der Waals surface area contributed by atoms with Crippen LogP contribution in [0.2, 0.25) is 25.1 Å². The second-order valence-corrected chi connectivity index (χ2v) is 19.8. The molecule has 82 heavy (non-hydrogen) atoms. The molecule has 0 atom stereocenters. The number of nitrogens with zero attached hydrogens (tertiary/aromatic N) is 3. The van der Waals surface area contributed by atoms with Gasteiger partial charge in [-0.15, -0.1) is 0 Å². The Balaban J connectivity index is 0.000000149. The summed E-state index contributed by atoms with van der Waals surface area (Å²) in [5.41, 5.74) is 8.77. The maximum Gasteiger partial charge on any atom is 0.324 e. The van der Waals surface area contributed by atoms with Gasteiger partial charge in [-0.2, -0.15) is 15.3 Å². The molecular formula is C59H47Cl5N12O6. The molecule has 11 aromatic rings. The van der Waals surface area contributed by atoms with Gasteiger partial charge in [-0.25, -0.2) is 14.4 Å². The summed E-state index contributed by atoms with van der Waals surface area (Å²) in [7, 11) is 0. The number of rotatable bonds is 13. The maximum absolute atomic E-state index is 12.4. The van der Waals surface area contributed by atoms with Gasteiger partial charge in [-0.05, 0) is 102 Å². The summed E-state index contributed by atoms with van der Waals surface area (Å²) in [5, 5.41) is 50.5. The third-order valence-corrected chi connectivity index (χ3v) is 13.8. The molecule has 0 saturated carbocycles. The molecule has 0 aliphatic carbocycles. The fourth-order valence-corrected chi connectivity index (χ4v) is 9.38. The van der Waals surface area contributed by atoms with Gasteiger partial charge < -0.3 is 25.8 Å². The standard InChI is InChI=1S/C22H19ClN4O2.C20H13Cl3N4O.C17H15ClN4O3/c1-2-29-16-10-8-15(9-11-16)24-22(28)25-21-18-12-17(14-6-4-3-5-7-14)19(23)13-20(18)26-27-21;21-15-7-6-12(8-17(15)23)24-20(28)25-19-14-9-13(11-4-2-1-3-5-11)16(22)10-18(14)26-27-19;18-13-9-14-12(8-11(13)10-4-2-1-3-5-10)16(22-21-14)20-17(25)19-7-6-15(23)24/h3-13H,2H2,1H3,(H3,24,25,26,27,28);1-10H,(H3,24,25,26,27,28);1-5,8-9H,6-7H2,(H,23,24)(H3,19,20,21,22,25). The van der Waals surface area contributed by atoms with Crippen molar-refractivity contribution in [2.75, 3.05) is 39.7 Å². The van der Waals surface area contributed by atoms with Gasteiger partial charge in [0, 0.05) is 50.8 Å². The minimum atomic E-state index is -0.979. The number of carbonyl (C=O) groups excluding carboxylic acids is 3. The molecule has 0 radical (unpaired) electrons. The number of carbonyl (C=O) groups is 4. The lowest BCUT2D eigenvalue weighted by molar-refractivity contribution is -0.136. The predicted octanol–water partition coefficient (Wildman–Crippen LogP) is 16.2. The highest BCUT2D eigenvalue weighted by Crippen LogP contribution is 2.37. The molecule has 6 amide bonds. The van der Waals surface area contributed by atoms with E-state index in [0.29, 0.717) is 71.5 Å². The van der Waals surface area contributed by atoms with Gasteiger partial charge in [0.05, 0.1) is 54.7 Å². The van der Waals surface area contributed by atoms with Crippen molar-refractivity contribution in [3.63, 3.8) is 0 Å². The fraction of sp³-hybridized carbons (Fsp3) is 0.0678. The number of aromatic nitrogens is 6. The number of hydrogen-bond donors (Lipinski definition) is 10. The molecule has 23 heteroatoms. The highest BCUT2D eigenvalue weighted by molar-refractivity contribution is 6.42. The van der Waals surface area contributed by atoms with Gasteiger partial charge in [0.2, 0.25) is 0 Å². The van der Waals surface area contributed by atoms with Gasteiger partial charge in [-0.1, -0.05) is 149 Å². The zero-order valence-electron chi connectivity index (χ0n) is 43.0. The molecule has 8 aromatic carbocycles. The lowest BCUT2D eigenvalue weighted by Gasteiger charge is -2.08. The van der Waals surface area contributed by atoms with Gasteiger partial charge in [0.25, 0.3) is 0 Å². The lowest BCUT2D eigenvalue weighted by Crippen LogP contribution is -2.30. The van der Waals surface area contributed by atoms with Crippen LogP contribution < -0.4 is 36.6 Å². The minimum Gasteiger partial charge on any atom is -0.494 e. The van der Waals surface area contributed by atoms with Crippen LogP contribution in [0, 0.1) is 0 Å². The van der Waals surface area contributed by atoms with Gasteiger partial charge in [0.15, 0.2) is 17.5 Å². The zero-order valence-corrected chi connectivity index (χ0v) is 46.8. The quantitative estimate of drug-likeness (QED) is 0.0526. The molecule has 18 nitrogen and oxygen atoms in total. The monoisotopic (exact) mass is 1190 g/mol. The van der Waals surface area contributed by atoms with E-state index in [2.05, 4.69) is 62.5 Å². The number of aromatic amines is 3. The summed E-state index contributed by atoms with van der Waals surface area (Å²) in [6.45, 7) is 2.54. The first-order valence-corrected chi connectivity index (χ1v) is 26.9. The molecule has 0 spiro atoms. The van der Waals surface area contributed by atoms with Crippen LogP contribution in [0.4, 0.5) is 43.2 Å². The van der Waals surface area contributed by atoms with E-state index in [1.54, 1.807) is 54.6 Å². The Bertz CT molecular complexity index is 4070. The molecule has 0 aliphatic heterocycles. The number of nitrogens with one attached hydrogen (secondary N) is 9. The Morgan fingerprint density at radius 2 is 0.841 bits per heavy atom. The number of hydrogen-bond acceptors (Lipinski definition) is 8. The third-order valence-electron chi connectivity index (χ3n) is 12.1.